The van der Waals surface area contributed by atoms with Crippen LogP contribution in [0, 0.1) is 0 Å². The lowest BCUT2D eigenvalue weighted by molar-refractivity contribution is 0.0534. The minimum Gasteiger partial charge on any atom is -0.444 e. The van der Waals surface area contributed by atoms with Crippen LogP contribution in [-0.4, -0.2) is 32.4 Å². The van der Waals surface area contributed by atoms with Crippen molar-refractivity contribution >= 4 is 15.9 Å². The topological polar surface area (TPSA) is 72.5 Å². The first kappa shape index (κ1) is 15.0. The average molecular weight is 249 g/mol. The van der Waals surface area contributed by atoms with Gasteiger partial charge in [0.1, 0.15) is 5.60 Å². The van der Waals surface area contributed by atoms with E-state index in [-0.39, 0.29) is 12.3 Å². The van der Waals surface area contributed by atoms with E-state index in [1.165, 1.54) is 6.08 Å². The SMILES string of the molecule is CCS(=O)(=O)C=CCNC(=O)OC(C)(C)C. The lowest BCUT2D eigenvalue weighted by Crippen LogP contribution is -2.32. The molecule has 0 heterocycles. The molecule has 0 aliphatic carbocycles. The molecule has 0 aromatic rings. The summed E-state index contributed by atoms with van der Waals surface area (Å²) in [4.78, 5) is 11.1. The molecule has 0 fully saturated rings. The molecule has 1 N–H and O–H groups in total. The molecule has 0 aromatic carbocycles. The molecule has 0 saturated heterocycles. The second-order valence-corrected chi connectivity index (χ2v) is 6.38. The molecule has 5 nitrogen and oxygen atoms in total. The molecule has 0 bridgehead atoms. The van der Waals surface area contributed by atoms with E-state index in [0.717, 1.165) is 5.41 Å². The molecule has 0 aromatic heterocycles. The fourth-order valence-electron chi connectivity index (χ4n) is 0.747. The van der Waals surface area contributed by atoms with Gasteiger partial charge >= 0.3 is 6.09 Å². The zero-order valence-electron chi connectivity index (χ0n) is 10.1. The first-order chi connectivity index (χ1) is 7.16. The summed E-state index contributed by atoms with van der Waals surface area (Å²) >= 11 is 0. The van der Waals surface area contributed by atoms with Crippen molar-refractivity contribution in [3.63, 3.8) is 0 Å². The third-order valence-electron chi connectivity index (χ3n) is 1.47. The van der Waals surface area contributed by atoms with E-state index in [1.54, 1.807) is 27.7 Å². The molecule has 0 aliphatic rings. The van der Waals surface area contributed by atoms with Crippen LogP contribution >= 0.6 is 0 Å². The number of ether oxygens (including phenoxy) is 1. The molecule has 0 atom stereocenters. The predicted molar refractivity (Wildman–Crippen MR) is 62.8 cm³/mol. The fraction of sp³-hybridized carbons (Fsp3) is 0.700. The number of hydrogen-bond donors (Lipinski definition) is 1. The van der Waals surface area contributed by atoms with Crippen LogP contribution in [0.3, 0.4) is 0 Å². The van der Waals surface area contributed by atoms with E-state index in [0.29, 0.717) is 0 Å². The second-order valence-electron chi connectivity index (χ2n) is 4.21. The maximum Gasteiger partial charge on any atom is 0.407 e. The standard InChI is InChI=1S/C10H19NO4S/c1-5-16(13,14)8-6-7-11-9(12)15-10(2,3)4/h6,8H,5,7H2,1-4H3,(H,11,12). The molecule has 1 amide bonds. The van der Waals surface area contributed by atoms with Crippen molar-refractivity contribution in [2.75, 3.05) is 12.3 Å². The van der Waals surface area contributed by atoms with E-state index >= 15 is 0 Å². The van der Waals surface area contributed by atoms with Gasteiger partial charge < -0.3 is 10.1 Å². The zero-order valence-corrected chi connectivity index (χ0v) is 10.9. The minimum absolute atomic E-state index is 0.0515. The van der Waals surface area contributed by atoms with Crippen LogP contribution in [0.25, 0.3) is 0 Å². The van der Waals surface area contributed by atoms with Gasteiger partial charge in [0.15, 0.2) is 9.84 Å². The van der Waals surface area contributed by atoms with Crippen LogP contribution in [0.1, 0.15) is 27.7 Å². The van der Waals surface area contributed by atoms with E-state index in [1.807, 2.05) is 0 Å². The molecule has 0 spiro atoms. The summed E-state index contributed by atoms with van der Waals surface area (Å²) in [6, 6.07) is 0. The van der Waals surface area contributed by atoms with Crippen molar-refractivity contribution in [2.24, 2.45) is 0 Å². The van der Waals surface area contributed by atoms with Gasteiger partial charge in [-0.3, -0.25) is 0 Å². The lowest BCUT2D eigenvalue weighted by atomic mass is 10.2. The summed E-state index contributed by atoms with van der Waals surface area (Å²) in [6.07, 6.45) is 0.814. The highest BCUT2D eigenvalue weighted by atomic mass is 32.2. The Kier molecular flexibility index (Phi) is 5.50. The number of hydrogen-bond acceptors (Lipinski definition) is 4. The smallest absolute Gasteiger partial charge is 0.407 e. The average Bonchev–Trinajstić information content (AvgIpc) is 2.10. The van der Waals surface area contributed by atoms with Crippen LogP contribution in [0.2, 0.25) is 0 Å². The van der Waals surface area contributed by atoms with Crippen LogP contribution in [0.5, 0.6) is 0 Å². The van der Waals surface area contributed by atoms with Gasteiger partial charge in [0.2, 0.25) is 0 Å². The summed E-state index contributed by atoms with van der Waals surface area (Å²) in [5.74, 6) is 0.0515. The molecular weight excluding hydrogens is 230 g/mol. The molecule has 0 aliphatic heterocycles. The van der Waals surface area contributed by atoms with Crippen LogP contribution in [-0.2, 0) is 14.6 Å². The molecule has 16 heavy (non-hydrogen) atoms. The summed E-state index contributed by atoms with van der Waals surface area (Å²) in [6.45, 7) is 6.95. The lowest BCUT2D eigenvalue weighted by Gasteiger charge is -2.19. The summed E-state index contributed by atoms with van der Waals surface area (Å²) in [5, 5.41) is 3.51. The van der Waals surface area contributed by atoms with Gasteiger partial charge in [-0.1, -0.05) is 13.0 Å². The van der Waals surface area contributed by atoms with Gasteiger partial charge in [-0.05, 0) is 20.8 Å². The number of nitrogens with one attached hydrogen (secondary N) is 1. The van der Waals surface area contributed by atoms with Gasteiger partial charge in [0, 0.05) is 12.0 Å². The van der Waals surface area contributed by atoms with Gasteiger partial charge in [-0.15, -0.1) is 0 Å². The summed E-state index contributed by atoms with van der Waals surface area (Å²) in [7, 11) is -3.13. The number of amides is 1. The van der Waals surface area contributed by atoms with Gasteiger partial charge in [0.25, 0.3) is 0 Å². The van der Waals surface area contributed by atoms with Crippen molar-refractivity contribution in [3.05, 3.63) is 11.5 Å². The highest BCUT2D eigenvalue weighted by molar-refractivity contribution is 7.94. The van der Waals surface area contributed by atoms with Crippen molar-refractivity contribution in [3.8, 4) is 0 Å². The summed E-state index contributed by atoms with van der Waals surface area (Å²) < 4.78 is 27.0. The molecule has 0 radical (unpaired) electrons. The molecular formula is C10H19NO4S. The van der Waals surface area contributed by atoms with E-state index in [4.69, 9.17) is 4.74 Å². The maximum atomic E-state index is 11.1. The Morgan fingerprint density at radius 2 is 1.94 bits per heavy atom. The predicted octanol–water partition coefficient (Wildman–Crippen LogP) is 1.46. The van der Waals surface area contributed by atoms with Crippen LogP contribution in [0.4, 0.5) is 4.79 Å². The normalized spacial score (nSPS) is 12.8. The second kappa shape index (κ2) is 5.89. The molecule has 94 valence electrons. The Morgan fingerprint density at radius 1 is 1.38 bits per heavy atom. The minimum atomic E-state index is -3.13. The number of carbonyl (C=O) groups excluding carboxylic acids is 1. The number of sulfone groups is 1. The third-order valence-corrected chi connectivity index (χ3v) is 2.88. The van der Waals surface area contributed by atoms with E-state index in [9.17, 15) is 13.2 Å². The number of rotatable bonds is 4. The molecule has 0 saturated carbocycles. The Hall–Kier alpha value is -1.04. The first-order valence-corrected chi connectivity index (χ1v) is 6.74. The molecule has 0 rings (SSSR count). The monoisotopic (exact) mass is 249 g/mol. The Labute approximate surface area is 96.8 Å². The largest absolute Gasteiger partial charge is 0.444 e. The first-order valence-electron chi connectivity index (χ1n) is 5.02. The number of carbonyl (C=O) groups is 1. The molecule has 0 unspecified atom stereocenters. The Balaban J connectivity index is 3.97. The Morgan fingerprint density at radius 3 is 2.38 bits per heavy atom. The molecule has 6 heteroatoms. The van der Waals surface area contributed by atoms with Gasteiger partial charge in [0.05, 0.1) is 5.75 Å². The van der Waals surface area contributed by atoms with Crippen molar-refractivity contribution in [1.29, 1.82) is 0 Å². The number of alkyl carbamates (subject to hydrolysis) is 1. The van der Waals surface area contributed by atoms with Crippen molar-refractivity contribution < 1.29 is 17.9 Å². The van der Waals surface area contributed by atoms with Gasteiger partial charge in [-0.2, -0.15) is 0 Å². The van der Waals surface area contributed by atoms with E-state index in [2.05, 4.69) is 5.32 Å². The highest BCUT2D eigenvalue weighted by Gasteiger charge is 2.15. The van der Waals surface area contributed by atoms with Gasteiger partial charge in [-0.25, -0.2) is 13.2 Å². The maximum absolute atomic E-state index is 11.1. The zero-order chi connectivity index (χ0) is 12.8. The summed E-state index contributed by atoms with van der Waals surface area (Å²) in [5.41, 5.74) is -0.552. The van der Waals surface area contributed by atoms with Crippen LogP contribution < -0.4 is 5.32 Å². The quantitative estimate of drug-likeness (QED) is 0.818. The highest BCUT2D eigenvalue weighted by Crippen LogP contribution is 2.06. The van der Waals surface area contributed by atoms with Crippen LogP contribution in [0.15, 0.2) is 11.5 Å². The Bertz CT molecular complexity index is 352. The van der Waals surface area contributed by atoms with Crippen molar-refractivity contribution in [1.82, 2.24) is 5.32 Å². The third kappa shape index (κ3) is 8.28. The van der Waals surface area contributed by atoms with Crippen molar-refractivity contribution in [2.45, 2.75) is 33.3 Å². The fourth-order valence-corrected chi connectivity index (χ4v) is 1.33. The van der Waals surface area contributed by atoms with E-state index < -0.39 is 21.5 Å².